The predicted octanol–water partition coefficient (Wildman–Crippen LogP) is 9.52. The third-order valence-electron chi connectivity index (χ3n) is 8.07. The molecule has 0 spiro atoms. The minimum atomic E-state index is 0.744. The first-order valence-corrected chi connectivity index (χ1v) is 13.2. The molecule has 0 amide bonds. The Morgan fingerprint density at radius 2 is 1.19 bits per heavy atom. The number of benzene rings is 2. The smallest absolute Gasteiger partial charge is 0.0162 e. The largest absolute Gasteiger partial charge is 0.103 e. The molecule has 2 saturated carbocycles. The van der Waals surface area contributed by atoms with E-state index < -0.39 is 0 Å². The van der Waals surface area contributed by atoms with Crippen molar-refractivity contribution < 1.29 is 0 Å². The van der Waals surface area contributed by atoms with Gasteiger partial charge in [-0.25, -0.2) is 0 Å². The molecule has 0 nitrogen and oxygen atoms in total. The molecule has 0 atom stereocenters. The first-order valence-electron chi connectivity index (χ1n) is 13.2. The number of hydrogen-bond acceptors (Lipinski definition) is 0. The molecular formula is C32H42. The van der Waals surface area contributed by atoms with Crippen LogP contribution in [-0.4, -0.2) is 0 Å². The first kappa shape index (κ1) is 23.1. The third-order valence-corrected chi connectivity index (χ3v) is 8.07. The molecule has 2 aromatic rings. The lowest BCUT2D eigenvalue weighted by atomic mass is 9.77. The summed E-state index contributed by atoms with van der Waals surface area (Å²) in [6.45, 7) is 6.23. The second-order valence-electron chi connectivity index (χ2n) is 10.3. The zero-order valence-corrected chi connectivity index (χ0v) is 20.1. The summed E-state index contributed by atoms with van der Waals surface area (Å²) >= 11 is 0. The van der Waals surface area contributed by atoms with E-state index in [0.29, 0.717) is 0 Å². The van der Waals surface area contributed by atoms with Gasteiger partial charge in [0.1, 0.15) is 0 Å². The van der Waals surface area contributed by atoms with Crippen molar-refractivity contribution in [3.8, 4) is 11.1 Å². The highest BCUT2D eigenvalue weighted by atomic mass is 14.3. The lowest BCUT2D eigenvalue weighted by Gasteiger charge is -2.28. The van der Waals surface area contributed by atoms with E-state index in [1.54, 1.807) is 5.56 Å². The Morgan fingerprint density at radius 1 is 0.688 bits per heavy atom. The van der Waals surface area contributed by atoms with Gasteiger partial charge in [-0.3, -0.25) is 0 Å². The molecule has 2 aliphatic rings. The Hall–Kier alpha value is -2.08. The molecule has 2 aromatic carbocycles. The molecule has 2 aliphatic carbocycles. The van der Waals surface area contributed by atoms with Gasteiger partial charge in [-0.2, -0.15) is 0 Å². The summed E-state index contributed by atoms with van der Waals surface area (Å²) in [5, 5.41) is 0. The van der Waals surface area contributed by atoms with Crippen LogP contribution in [0.4, 0.5) is 0 Å². The summed E-state index contributed by atoms with van der Waals surface area (Å²) in [7, 11) is 0. The standard InChI is InChI=1S/C32H42/c1-3-5-6-26-13-17-29(18-14-26)31-21-23-32(24-22-31)30-19-15-28(16-20-30)12-11-27-9-7-25(4-2)8-10-27/h4,11-14,17-18,21-25,27-28,30H,2-3,5-10,15-16,19-20H2,1H3/t25-,27-,28-,30-. The average molecular weight is 427 g/mol. The van der Waals surface area contributed by atoms with E-state index in [9.17, 15) is 0 Å². The maximum absolute atomic E-state index is 3.97. The molecule has 0 unspecified atom stereocenters. The monoisotopic (exact) mass is 426 g/mol. The molecule has 0 radical (unpaired) electrons. The van der Waals surface area contributed by atoms with Gasteiger partial charge in [0.25, 0.3) is 0 Å². The summed E-state index contributed by atoms with van der Waals surface area (Å²) in [5.74, 6) is 3.13. The third kappa shape index (κ3) is 6.25. The van der Waals surface area contributed by atoms with Crippen LogP contribution in [0.5, 0.6) is 0 Å². The number of aryl methyl sites for hydroxylation is 1. The summed E-state index contributed by atoms with van der Waals surface area (Å²) in [5.41, 5.74) is 5.69. The maximum atomic E-state index is 3.97. The van der Waals surface area contributed by atoms with Gasteiger partial charge in [0, 0.05) is 0 Å². The van der Waals surface area contributed by atoms with E-state index in [-0.39, 0.29) is 0 Å². The van der Waals surface area contributed by atoms with Gasteiger partial charge in [0.05, 0.1) is 0 Å². The van der Waals surface area contributed by atoms with Gasteiger partial charge in [-0.15, -0.1) is 6.58 Å². The van der Waals surface area contributed by atoms with Crippen molar-refractivity contribution in [2.75, 3.05) is 0 Å². The van der Waals surface area contributed by atoms with E-state index in [0.717, 1.165) is 23.7 Å². The lowest BCUT2D eigenvalue weighted by Crippen LogP contribution is -2.13. The highest BCUT2D eigenvalue weighted by Crippen LogP contribution is 2.38. The van der Waals surface area contributed by atoms with Crippen LogP contribution in [0.1, 0.15) is 88.2 Å². The molecule has 0 heteroatoms. The normalized spacial score (nSPS) is 26.3. The van der Waals surface area contributed by atoms with Crippen LogP contribution in [-0.2, 0) is 6.42 Å². The fraction of sp³-hybridized carbons (Fsp3) is 0.500. The highest BCUT2D eigenvalue weighted by Gasteiger charge is 2.22. The van der Waals surface area contributed by atoms with Crippen LogP contribution in [0.15, 0.2) is 73.3 Å². The quantitative estimate of drug-likeness (QED) is 0.369. The zero-order chi connectivity index (χ0) is 22.2. The van der Waals surface area contributed by atoms with Crippen LogP contribution in [0.25, 0.3) is 11.1 Å². The van der Waals surface area contributed by atoms with Crippen LogP contribution in [0.2, 0.25) is 0 Å². The Bertz CT molecular complexity index is 838. The molecule has 0 N–H and O–H groups in total. The molecule has 2 fully saturated rings. The van der Waals surface area contributed by atoms with E-state index in [4.69, 9.17) is 0 Å². The molecule has 0 bridgehead atoms. The first-order chi connectivity index (χ1) is 15.7. The van der Waals surface area contributed by atoms with Gasteiger partial charge >= 0.3 is 0 Å². The van der Waals surface area contributed by atoms with Crippen LogP contribution in [0, 0.1) is 17.8 Å². The fourth-order valence-corrected chi connectivity index (χ4v) is 5.72. The average Bonchev–Trinajstić information content (AvgIpc) is 2.87. The Labute approximate surface area is 196 Å². The van der Waals surface area contributed by atoms with E-state index in [2.05, 4.69) is 80.3 Å². The fourth-order valence-electron chi connectivity index (χ4n) is 5.72. The number of hydrogen-bond donors (Lipinski definition) is 0. The van der Waals surface area contributed by atoms with Gasteiger partial charge in [-0.1, -0.05) is 80.1 Å². The van der Waals surface area contributed by atoms with E-state index in [1.807, 2.05) is 0 Å². The van der Waals surface area contributed by atoms with E-state index >= 15 is 0 Å². The van der Waals surface area contributed by atoms with Crippen LogP contribution >= 0.6 is 0 Å². The van der Waals surface area contributed by atoms with Crippen molar-refractivity contribution >= 4 is 0 Å². The Kier molecular flexibility index (Phi) is 8.43. The molecule has 170 valence electrons. The zero-order valence-electron chi connectivity index (χ0n) is 20.1. The number of rotatable bonds is 8. The summed E-state index contributed by atoms with van der Waals surface area (Å²) in [4.78, 5) is 0. The molecule has 4 rings (SSSR count). The summed E-state index contributed by atoms with van der Waals surface area (Å²) in [6.07, 6.45) is 21.8. The Balaban J connectivity index is 1.26. The molecular weight excluding hydrogens is 384 g/mol. The molecule has 32 heavy (non-hydrogen) atoms. The topological polar surface area (TPSA) is 0 Å². The van der Waals surface area contributed by atoms with Crippen molar-refractivity contribution in [2.45, 2.75) is 83.5 Å². The minimum absolute atomic E-state index is 0.744. The predicted molar refractivity (Wildman–Crippen MR) is 140 cm³/mol. The van der Waals surface area contributed by atoms with Crippen molar-refractivity contribution in [2.24, 2.45) is 17.8 Å². The molecule has 0 heterocycles. The number of unbranched alkanes of at least 4 members (excludes halogenated alkanes) is 1. The summed E-state index contributed by atoms with van der Waals surface area (Å²) < 4.78 is 0. The van der Waals surface area contributed by atoms with Gasteiger partial charge < -0.3 is 0 Å². The Morgan fingerprint density at radius 3 is 1.72 bits per heavy atom. The van der Waals surface area contributed by atoms with Crippen molar-refractivity contribution in [1.82, 2.24) is 0 Å². The summed E-state index contributed by atoms with van der Waals surface area (Å²) in [6, 6.07) is 18.6. The van der Waals surface area contributed by atoms with Crippen molar-refractivity contribution in [3.05, 3.63) is 84.5 Å². The maximum Gasteiger partial charge on any atom is -0.0162 e. The SMILES string of the molecule is C=C[C@H]1CC[C@H](C=C[C@H]2CC[C@H](c3ccc(-c4ccc(CCCC)cc4)cc3)CC2)CC1. The molecule has 0 aromatic heterocycles. The van der Waals surface area contributed by atoms with Crippen molar-refractivity contribution in [3.63, 3.8) is 0 Å². The second-order valence-corrected chi connectivity index (χ2v) is 10.3. The van der Waals surface area contributed by atoms with Gasteiger partial charge in [-0.05, 0) is 110 Å². The minimum Gasteiger partial charge on any atom is -0.103 e. The number of allylic oxidation sites excluding steroid dienone is 3. The lowest BCUT2D eigenvalue weighted by molar-refractivity contribution is 0.349. The highest BCUT2D eigenvalue weighted by molar-refractivity contribution is 5.64. The molecule has 0 saturated heterocycles. The van der Waals surface area contributed by atoms with Crippen molar-refractivity contribution in [1.29, 1.82) is 0 Å². The van der Waals surface area contributed by atoms with Gasteiger partial charge in [0.2, 0.25) is 0 Å². The molecule has 0 aliphatic heterocycles. The van der Waals surface area contributed by atoms with E-state index in [1.165, 1.54) is 87.3 Å². The van der Waals surface area contributed by atoms with Gasteiger partial charge in [0.15, 0.2) is 0 Å². The van der Waals surface area contributed by atoms with Crippen LogP contribution < -0.4 is 0 Å². The van der Waals surface area contributed by atoms with Crippen LogP contribution in [0.3, 0.4) is 0 Å². The second kappa shape index (κ2) is 11.7.